The smallest absolute Gasteiger partial charge is 0.0543 e. The highest BCUT2D eigenvalue weighted by Gasteiger charge is 2.24. The highest BCUT2D eigenvalue weighted by molar-refractivity contribution is 6.03. The van der Waals surface area contributed by atoms with E-state index in [1.54, 1.807) is 0 Å². The summed E-state index contributed by atoms with van der Waals surface area (Å²) in [6, 6.07) is 74.6. The first-order valence-corrected chi connectivity index (χ1v) is 23.3. The van der Waals surface area contributed by atoms with Gasteiger partial charge in [-0.05, 0) is 153 Å². The lowest BCUT2D eigenvalue weighted by atomic mass is 9.80. The maximum Gasteiger partial charge on any atom is 0.0543 e. The van der Waals surface area contributed by atoms with E-state index < -0.39 is 0 Å². The Morgan fingerprint density at radius 2 is 1.09 bits per heavy atom. The molecule has 10 aromatic rings. The molecule has 0 aliphatic heterocycles. The number of fused-ring (bicyclic) bond motifs is 5. The third kappa shape index (κ3) is 6.82. The molecule has 0 bridgehead atoms. The van der Waals surface area contributed by atoms with Gasteiger partial charge in [0.05, 0.1) is 11.2 Å². The molecule has 1 saturated carbocycles. The van der Waals surface area contributed by atoms with Gasteiger partial charge in [-0.2, -0.15) is 0 Å². The molecular weight excluding hydrogens is 773 g/mol. The highest BCUT2D eigenvalue weighted by atomic mass is 15.1. The zero-order valence-electron chi connectivity index (χ0n) is 36.1. The van der Waals surface area contributed by atoms with Crippen LogP contribution in [-0.4, -0.2) is 4.57 Å². The Morgan fingerprint density at radius 3 is 1.88 bits per heavy atom. The molecule has 2 aliphatic rings. The van der Waals surface area contributed by atoms with Crippen molar-refractivity contribution in [2.75, 3.05) is 4.90 Å². The number of anilines is 3. The van der Waals surface area contributed by atoms with Gasteiger partial charge in [0.15, 0.2) is 0 Å². The largest absolute Gasteiger partial charge is 0.310 e. The minimum absolute atomic E-state index is 0.591. The normalized spacial score (nSPS) is 14.0. The lowest BCUT2D eigenvalue weighted by molar-refractivity contribution is 0.445. The summed E-state index contributed by atoms with van der Waals surface area (Å²) >= 11 is 0. The fourth-order valence-electron chi connectivity index (χ4n) is 10.9. The number of rotatable bonds is 8. The van der Waals surface area contributed by atoms with Crippen LogP contribution in [0.1, 0.15) is 61.3 Å². The molecular formula is C62H50N2. The average Bonchev–Trinajstić information content (AvgIpc) is 3.71. The Morgan fingerprint density at radius 1 is 0.469 bits per heavy atom. The number of allylic oxidation sites excluding steroid dienone is 1. The summed E-state index contributed by atoms with van der Waals surface area (Å²) in [4.78, 5) is 2.47. The number of aryl methyl sites for hydroxylation is 1. The molecule has 64 heavy (non-hydrogen) atoms. The highest BCUT2D eigenvalue weighted by Crippen LogP contribution is 2.46. The van der Waals surface area contributed by atoms with Crippen molar-refractivity contribution in [2.24, 2.45) is 0 Å². The molecule has 0 radical (unpaired) electrons. The van der Waals surface area contributed by atoms with Crippen LogP contribution >= 0.6 is 0 Å². The standard InChI is InChI=1S/C62H50N2/c1-3-16-46(17-4-1)54-25-13-19-47-20-14-26-58(62(47)54)56-24-10-11-27-59(56)63(52-36-31-44(32-37-52)49-30-29-43-15-7-8-18-48(43)41-49)53-38-33-45(34-39-53)50-35-40-57-55-23-9-12-28-60(55)64(61(57)42-50)51-21-5-2-6-22-51/h2,5-8,10-15,18-22,24-42,46H,1,3-4,9,16-17,23H2. The van der Waals surface area contributed by atoms with Crippen molar-refractivity contribution in [3.63, 3.8) is 0 Å². The average molecular weight is 823 g/mol. The number of para-hydroxylation sites is 2. The Bertz CT molecular complexity index is 3340. The molecule has 2 nitrogen and oxygen atoms in total. The second-order valence-corrected chi connectivity index (χ2v) is 17.8. The summed E-state index contributed by atoms with van der Waals surface area (Å²) in [6.07, 6.45) is 13.3. The maximum absolute atomic E-state index is 2.47. The van der Waals surface area contributed by atoms with Crippen molar-refractivity contribution in [2.45, 2.75) is 50.9 Å². The van der Waals surface area contributed by atoms with Crippen molar-refractivity contribution in [1.82, 2.24) is 4.57 Å². The Kier molecular flexibility index (Phi) is 9.79. The monoisotopic (exact) mass is 822 g/mol. The van der Waals surface area contributed by atoms with E-state index in [2.05, 4.69) is 222 Å². The summed E-state index contributed by atoms with van der Waals surface area (Å²) in [5.41, 5.74) is 17.5. The molecule has 2 heteroatoms. The van der Waals surface area contributed by atoms with Gasteiger partial charge < -0.3 is 9.47 Å². The van der Waals surface area contributed by atoms with E-state index in [9.17, 15) is 0 Å². The molecule has 0 atom stereocenters. The molecule has 1 aromatic heterocycles. The molecule has 2 aliphatic carbocycles. The van der Waals surface area contributed by atoms with Gasteiger partial charge in [-0.3, -0.25) is 0 Å². The van der Waals surface area contributed by atoms with Crippen molar-refractivity contribution < 1.29 is 0 Å². The third-order valence-electron chi connectivity index (χ3n) is 14.0. The predicted molar refractivity (Wildman–Crippen MR) is 272 cm³/mol. The van der Waals surface area contributed by atoms with Crippen LogP contribution in [0.2, 0.25) is 0 Å². The van der Waals surface area contributed by atoms with Crippen LogP contribution < -0.4 is 4.90 Å². The van der Waals surface area contributed by atoms with E-state index in [0.29, 0.717) is 5.92 Å². The fourth-order valence-corrected chi connectivity index (χ4v) is 10.9. The van der Waals surface area contributed by atoms with Crippen LogP contribution in [0.4, 0.5) is 17.1 Å². The summed E-state index contributed by atoms with van der Waals surface area (Å²) in [6.45, 7) is 0. The second-order valence-electron chi connectivity index (χ2n) is 17.8. The van der Waals surface area contributed by atoms with E-state index in [4.69, 9.17) is 0 Å². The van der Waals surface area contributed by atoms with Gasteiger partial charge in [-0.25, -0.2) is 0 Å². The molecule has 0 amide bonds. The first-order valence-electron chi connectivity index (χ1n) is 23.3. The van der Waals surface area contributed by atoms with Gasteiger partial charge in [-0.1, -0.05) is 171 Å². The molecule has 308 valence electrons. The van der Waals surface area contributed by atoms with Crippen molar-refractivity contribution in [3.8, 4) is 39.1 Å². The van der Waals surface area contributed by atoms with Gasteiger partial charge >= 0.3 is 0 Å². The quantitative estimate of drug-likeness (QED) is 0.148. The zero-order chi connectivity index (χ0) is 42.4. The lowest BCUT2D eigenvalue weighted by Gasteiger charge is -2.29. The van der Waals surface area contributed by atoms with Gasteiger partial charge in [-0.15, -0.1) is 0 Å². The van der Waals surface area contributed by atoms with Crippen LogP contribution in [0.5, 0.6) is 0 Å². The second kappa shape index (κ2) is 16.4. The Balaban J connectivity index is 0.990. The Labute approximate surface area is 376 Å². The summed E-state index contributed by atoms with van der Waals surface area (Å²) < 4.78 is 2.45. The van der Waals surface area contributed by atoms with E-state index in [1.165, 1.54) is 126 Å². The number of hydrogen-bond donors (Lipinski definition) is 0. The van der Waals surface area contributed by atoms with Crippen molar-refractivity contribution in [3.05, 3.63) is 223 Å². The van der Waals surface area contributed by atoms with Gasteiger partial charge in [0.25, 0.3) is 0 Å². The molecule has 1 heterocycles. The van der Waals surface area contributed by atoms with Gasteiger partial charge in [0, 0.05) is 33.7 Å². The van der Waals surface area contributed by atoms with E-state index >= 15 is 0 Å². The van der Waals surface area contributed by atoms with Crippen LogP contribution in [0, 0.1) is 0 Å². The van der Waals surface area contributed by atoms with E-state index in [1.807, 2.05) is 0 Å². The Hall–Kier alpha value is -7.42. The number of hydrogen-bond acceptors (Lipinski definition) is 1. The van der Waals surface area contributed by atoms with Crippen LogP contribution in [0.25, 0.3) is 77.6 Å². The molecule has 12 rings (SSSR count). The minimum atomic E-state index is 0.591. The molecule has 0 unspecified atom stereocenters. The zero-order valence-corrected chi connectivity index (χ0v) is 36.1. The summed E-state index contributed by atoms with van der Waals surface area (Å²) in [7, 11) is 0. The molecule has 0 saturated heterocycles. The van der Waals surface area contributed by atoms with E-state index in [0.717, 1.165) is 24.2 Å². The van der Waals surface area contributed by atoms with Crippen molar-refractivity contribution >= 4 is 55.6 Å². The van der Waals surface area contributed by atoms with Crippen LogP contribution in [0.3, 0.4) is 0 Å². The summed E-state index contributed by atoms with van der Waals surface area (Å²) in [5, 5.41) is 6.58. The number of nitrogens with zero attached hydrogens (tertiary/aromatic N) is 2. The molecule has 0 N–H and O–H groups in total. The van der Waals surface area contributed by atoms with Crippen LogP contribution in [0.15, 0.2) is 206 Å². The van der Waals surface area contributed by atoms with Gasteiger partial charge in [0.2, 0.25) is 0 Å². The number of aromatic nitrogens is 1. The van der Waals surface area contributed by atoms with Crippen LogP contribution in [-0.2, 0) is 6.42 Å². The predicted octanol–water partition coefficient (Wildman–Crippen LogP) is 17.4. The minimum Gasteiger partial charge on any atom is -0.310 e. The maximum atomic E-state index is 2.47. The fraction of sp³-hybridized carbons (Fsp3) is 0.129. The molecule has 1 fully saturated rings. The van der Waals surface area contributed by atoms with Crippen molar-refractivity contribution in [1.29, 1.82) is 0 Å². The summed E-state index contributed by atoms with van der Waals surface area (Å²) in [5.74, 6) is 0.591. The first kappa shape index (κ1) is 38.3. The molecule has 0 spiro atoms. The SMILES string of the molecule is C1=Cc2c(c3ccc(-c4ccc(N(c5ccc(-c6ccc7ccccc7c6)cc5)c5ccccc5-c5cccc6cccc(C7CCCCC7)c56)cc4)cc3n2-c2ccccc2)CC1. The molecule has 9 aromatic carbocycles. The first-order chi connectivity index (χ1) is 31.7. The van der Waals surface area contributed by atoms with E-state index in [-0.39, 0.29) is 0 Å². The lowest BCUT2D eigenvalue weighted by Crippen LogP contribution is -2.11. The number of benzene rings is 9. The third-order valence-corrected chi connectivity index (χ3v) is 14.0. The topological polar surface area (TPSA) is 8.17 Å². The van der Waals surface area contributed by atoms with Gasteiger partial charge in [0.1, 0.15) is 0 Å².